The number of nitrogens with one attached hydrogen (secondary N) is 1. The van der Waals surface area contributed by atoms with Crippen molar-refractivity contribution in [1.82, 2.24) is 9.97 Å². The van der Waals surface area contributed by atoms with Gasteiger partial charge < -0.3 is 9.72 Å². The van der Waals surface area contributed by atoms with E-state index in [2.05, 4.69) is 16.9 Å². The molecule has 0 saturated heterocycles. The monoisotopic (exact) mass is 427 g/mol. The van der Waals surface area contributed by atoms with Crippen LogP contribution in [0.1, 0.15) is 13.3 Å². The lowest BCUT2D eigenvalue weighted by atomic mass is 9.99. The van der Waals surface area contributed by atoms with Crippen molar-refractivity contribution in [2.24, 2.45) is 0 Å². The molecule has 0 atom stereocenters. The van der Waals surface area contributed by atoms with E-state index in [0.29, 0.717) is 34.3 Å². The van der Waals surface area contributed by atoms with Gasteiger partial charge in [0, 0.05) is 17.0 Å². The normalized spacial score (nSPS) is 12.0. The lowest BCUT2D eigenvalue weighted by molar-refractivity contribution is 0.327. The maximum absolute atomic E-state index is 12.4. The number of hydrogen-bond donors (Lipinski definition) is 1. The topological polar surface area (TPSA) is 72.1 Å². The highest BCUT2D eigenvalue weighted by Crippen LogP contribution is 2.39. The van der Waals surface area contributed by atoms with Gasteiger partial charge >= 0.3 is 0 Å². The first-order chi connectivity index (χ1) is 13.9. The van der Waals surface area contributed by atoms with Crippen molar-refractivity contribution in [3.05, 3.63) is 60.6 Å². The molecule has 7 heteroatoms. The molecular weight excluding hydrogens is 408 g/mol. The third kappa shape index (κ3) is 3.58. The zero-order valence-corrected chi connectivity index (χ0v) is 17.5. The molecule has 0 unspecified atom stereocenters. The van der Waals surface area contributed by atoms with Gasteiger partial charge in [0.15, 0.2) is 9.84 Å². The van der Waals surface area contributed by atoms with Gasteiger partial charge in [0.25, 0.3) is 0 Å². The Hall–Kier alpha value is -2.57. The SMILES string of the molecule is [CH2]CCOc1ccc(-c2cccc(S(=O)(=O)CC)c2)c2c1[nH]c1ncc(Cl)cc12. The average molecular weight is 428 g/mol. The molecule has 0 bridgehead atoms. The summed E-state index contributed by atoms with van der Waals surface area (Å²) in [5.41, 5.74) is 3.16. The van der Waals surface area contributed by atoms with Gasteiger partial charge in [0.1, 0.15) is 11.4 Å². The molecule has 0 aliphatic carbocycles. The summed E-state index contributed by atoms with van der Waals surface area (Å²) in [6, 6.07) is 12.7. The molecule has 2 heterocycles. The van der Waals surface area contributed by atoms with Crippen LogP contribution in [0.3, 0.4) is 0 Å². The Morgan fingerprint density at radius 1 is 1.21 bits per heavy atom. The number of nitrogens with zero attached hydrogens (tertiary/aromatic N) is 1. The van der Waals surface area contributed by atoms with E-state index in [1.807, 2.05) is 24.3 Å². The summed E-state index contributed by atoms with van der Waals surface area (Å²) in [5.74, 6) is 0.745. The lowest BCUT2D eigenvalue weighted by Gasteiger charge is -2.11. The highest BCUT2D eigenvalue weighted by molar-refractivity contribution is 7.91. The van der Waals surface area contributed by atoms with Crippen LogP contribution in [0, 0.1) is 6.92 Å². The zero-order valence-electron chi connectivity index (χ0n) is 15.9. The van der Waals surface area contributed by atoms with Gasteiger partial charge in [-0.15, -0.1) is 0 Å². The molecule has 149 valence electrons. The molecule has 1 N–H and O–H groups in total. The minimum Gasteiger partial charge on any atom is -0.491 e. The first-order valence-electron chi connectivity index (χ1n) is 9.29. The molecule has 0 aliphatic heterocycles. The number of benzene rings is 2. The van der Waals surface area contributed by atoms with Gasteiger partial charge in [-0.3, -0.25) is 0 Å². The van der Waals surface area contributed by atoms with E-state index in [9.17, 15) is 8.42 Å². The van der Waals surface area contributed by atoms with Crippen molar-refractivity contribution in [3.63, 3.8) is 0 Å². The van der Waals surface area contributed by atoms with Crippen molar-refractivity contribution in [2.45, 2.75) is 18.2 Å². The van der Waals surface area contributed by atoms with Crippen LogP contribution in [0.5, 0.6) is 5.75 Å². The highest BCUT2D eigenvalue weighted by atomic mass is 35.5. The lowest BCUT2D eigenvalue weighted by Crippen LogP contribution is -2.03. The molecule has 2 aromatic carbocycles. The molecule has 4 rings (SSSR count). The Bertz CT molecular complexity index is 1310. The van der Waals surface area contributed by atoms with E-state index in [1.54, 1.807) is 31.3 Å². The zero-order chi connectivity index (χ0) is 20.6. The number of halogens is 1. The van der Waals surface area contributed by atoms with Crippen molar-refractivity contribution in [1.29, 1.82) is 0 Å². The second-order valence-corrected chi connectivity index (χ2v) is 9.38. The predicted octanol–water partition coefficient (Wildman–Crippen LogP) is 5.43. The molecule has 29 heavy (non-hydrogen) atoms. The van der Waals surface area contributed by atoms with E-state index in [1.165, 1.54) is 0 Å². The fraction of sp³-hybridized carbons (Fsp3) is 0.182. The summed E-state index contributed by atoms with van der Waals surface area (Å²) in [6.07, 6.45) is 2.23. The van der Waals surface area contributed by atoms with E-state index in [0.717, 1.165) is 27.4 Å². The fourth-order valence-corrected chi connectivity index (χ4v) is 4.49. The minimum atomic E-state index is -3.31. The molecule has 1 radical (unpaired) electrons. The van der Waals surface area contributed by atoms with Crippen LogP contribution in [0.4, 0.5) is 0 Å². The quantitative estimate of drug-likeness (QED) is 0.445. The van der Waals surface area contributed by atoms with E-state index < -0.39 is 9.84 Å². The van der Waals surface area contributed by atoms with Crippen LogP contribution in [-0.4, -0.2) is 30.7 Å². The molecule has 0 aliphatic rings. The van der Waals surface area contributed by atoms with Gasteiger partial charge in [-0.25, -0.2) is 13.4 Å². The van der Waals surface area contributed by atoms with E-state index in [4.69, 9.17) is 16.3 Å². The van der Waals surface area contributed by atoms with Gasteiger partial charge in [0.05, 0.1) is 27.8 Å². The van der Waals surface area contributed by atoms with Crippen LogP contribution in [0.15, 0.2) is 53.6 Å². The van der Waals surface area contributed by atoms with Crippen molar-refractivity contribution >= 4 is 43.4 Å². The summed E-state index contributed by atoms with van der Waals surface area (Å²) in [4.78, 5) is 8.01. The Labute approximate surface area is 174 Å². The molecule has 0 fully saturated rings. The van der Waals surface area contributed by atoms with Crippen LogP contribution < -0.4 is 4.74 Å². The van der Waals surface area contributed by atoms with Crippen molar-refractivity contribution < 1.29 is 13.2 Å². The number of pyridine rings is 1. The van der Waals surface area contributed by atoms with Crippen LogP contribution >= 0.6 is 11.6 Å². The van der Waals surface area contributed by atoms with Crippen molar-refractivity contribution in [3.8, 4) is 16.9 Å². The average Bonchev–Trinajstić information content (AvgIpc) is 3.11. The van der Waals surface area contributed by atoms with E-state index in [-0.39, 0.29) is 5.75 Å². The summed E-state index contributed by atoms with van der Waals surface area (Å²) < 4.78 is 30.6. The first-order valence-corrected chi connectivity index (χ1v) is 11.3. The molecule has 5 nitrogen and oxygen atoms in total. The largest absolute Gasteiger partial charge is 0.491 e. The third-order valence-electron chi connectivity index (χ3n) is 4.82. The second-order valence-electron chi connectivity index (χ2n) is 6.67. The van der Waals surface area contributed by atoms with Crippen LogP contribution in [0.2, 0.25) is 5.02 Å². The number of fused-ring (bicyclic) bond motifs is 3. The fourth-order valence-electron chi connectivity index (χ4n) is 3.40. The van der Waals surface area contributed by atoms with E-state index >= 15 is 0 Å². The second kappa shape index (κ2) is 7.69. The van der Waals surface area contributed by atoms with Crippen LogP contribution in [-0.2, 0) is 9.84 Å². The molecule has 0 spiro atoms. The van der Waals surface area contributed by atoms with Gasteiger partial charge in [0.2, 0.25) is 0 Å². The standard InChI is InChI=1S/C22H20ClN2O3S/c1-3-10-28-19-9-8-17(14-6-5-7-16(11-14)29(26,27)4-2)20-18-12-15(23)13-24-22(18)25-21(19)20/h5-9,11-13H,1,3-4,10H2,2H3,(H,24,25). The molecular formula is C22H20ClN2O3S. The minimum absolute atomic E-state index is 0.0519. The summed E-state index contributed by atoms with van der Waals surface area (Å²) >= 11 is 6.21. The Morgan fingerprint density at radius 3 is 2.79 bits per heavy atom. The number of aromatic nitrogens is 2. The third-order valence-corrected chi connectivity index (χ3v) is 6.76. The molecule has 0 amide bonds. The summed E-state index contributed by atoms with van der Waals surface area (Å²) in [7, 11) is -3.31. The number of ether oxygens (including phenoxy) is 1. The van der Waals surface area contributed by atoms with Crippen molar-refractivity contribution in [2.75, 3.05) is 12.4 Å². The van der Waals surface area contributed by atoms with Gasteiger partial charge in [-0.2, -0.15) is 0 Å². The Morgan fingerprint density at radius 2 is 2.03 bits per heavy atom. The molecule has 4 aromatic rings. The molecule has 2 aromatic heterocycles. The Balaban J connectivity index is 2.02. The van der Waals surface area contributed by atoms with Gasteiger partial charge in [-0.05, 0) is 54.8 Å². The predicted molar refractivity (Wildman–Crippen MR) is 117 cm³/mol. The highest BCUT2D eigenvalue weighted by Gasteiger charge is 2.18. The summed E-state index contributed by atoms with van der Waals surface area (Å²) in [6.45, 7) is 5.95. The van der Waals surface area contributed by atoms with Gasteiger partial charge in [-0.1, -0.05) is 30.7 Å². The maximum atomic E-state index is 12.4. The summed E-state index contributed by atoms with van der Waals surface area (Å²) in [5, 5.41) is 2.27. The number of hydrogen-bond acceptors (Lipinski definition) is 4. The number of H-pyrrole nitrogens is 1. The number of rotatable bonds is 6. The first kappa shape index (κ1) is 19.7. The maximum Gasteiger partial charge on any atom is 0.178 e. The number of sulfone groups is 1. The molecule has 0 saturated carbocycles. The smallest absolute Gasteiger partial charge is 0.178 e. The Kier molecular flexibility index (Phi) is 5.23. The van der Waals surface area contributed by atoms with Crippen LogP contribution in [0.25, 0.3) is 33.1 Å². The number of aromatic amines is 1.